The van der Waals surface area contributed by atoms with Crippen molar-refractivity contribution in [2.45, 2.75) is 76.1 Å². The molecule has 4 aromatic rings. The van der Waals surface area contributed by atoms with E-state index in [1.165, 1.54) is 16.4 Å². The van der Waals surface area contributed by atoms with Gasteiger partial charge < -0.3 is 24.7 Å². The van der Waals surface area contributed by atoms with E-state index in [2.05, 4.69) is 0 Å². The summed E-state index contributed by atoms with van der Waals surface area (Å²) in [6, 6.07) is 22.7. The van der Waals surface area contributed by atoms with Crippen LogP contribution in [0.4, 0.5) is 4.39 Å². The van der Waals surface area contributed by atoms with Crippen LogP contribution in [-0.2, 0) is 27.9 Å². The van der Waals surface area contributed by atoms with Gasteiger partial charge in [0.15, 0.2) is 0 Å². The van der Waals surface area contributed by atoms with Crippen molar-refractivity contribution in [2.24, 2.45) is 0 Å². The molecule has 0 aliphatic heterocycles. The van der Waals surface area contributed by atoms with Gasteiger partial charge in [-0.2, -0.15) is 4.31 Å². The van der Waals surface area contributed by atoms with Crippen molar-refractivity contribution >= 4 is 16.0 Å². The maximum Gasteiger partial charge on any atom is 1.00 e. The number of carbonyl (C=O) groups excluding carboxylic acids is 1. The average Bonchev–Trinajstić information content (AvgIpc) is 3.33. The van der Waals surface area contributed by atoms with Crippen LogP contribution in [0.25, 0.3) is 22.4 Å². The van der Waals surface area contributed by atoms with E-state index in [1.807, 2.05) is 79.9 Å². The number of sulfonamides is 1. The van der Waals surface area contributed by atoms with Gasteiger partial charge in [-0.05, 0) is 66.6 Å². The Balaban J connectivity index is 0.00000576. The topological polar surface area (TPSA) is 123 Å². The summed E-state index contributed by atoms with van der Waals surface area (Å²) in [5, 5.41) is 31.8. The summed E-state index contributed by atoms with van der Waals surface area (Å²) in [5.41, 5.74) is 4.61. The van der Waals surface area contributed by atoms with Crippen molar-refractivity contribution in [3.05, 3.63) is 102 Å². The summed E-state index contributed by atoms with van der Waals surface area (Å²) in [7, 11) is -2.58. The minimum Gasteiger partial charge on any atom is -0.550 e. The first-order valence-electron chi connectivity index (χ1n) is 14.9. The van der Waals surface area contributed by atoms with Crippen molar-refractivity contribution < 1.29 is 62.5 Å². The number of hydrogen-bond acceptors (Lipinski definition) is 6. The van der Waals surface area contributed by atoms with Crippen molar-refractivity contribution in [2.75, 3.05) is 7.05 Å². The van der Waals surface area contributed by atoms with Gasteiger partial charge in [0.2, 0.25) is 10.0 Å². The molecule has 0 aliphatic carbocycles. The number of aryl methyl sites for hydroxylation is 1. The fraction of sp³-hybridized carbons (Fsp3) is 0.343. The zero-order valence-corrected chi connectivity index (χ0v) is 29.8. The molecule has 240 valence electrons. The molecule has 8 nitrogen and oxygen atoms in total. The number of rotatable bonds is 14. The first kappa shape index (κ1) is 37.6. The number of aliphatic hydroxyl groups excluding tert-OH is 2. The Hall–Kier alpha value is -2.83. The van der Waals surface area contributed by atoms with Crippen molar-refractivity contribution in [3.63, 3.8) is 0 Å². The molecular weight excluding hydrogens is 618 g/mol. The van der Waals surface area contributed by atoms with Crippen molar-refractivity contribution in [1.82, 2.24) is 8.87 Å². The summed E-state index contributed by atoms with van der Waals surface area (Å²) in [5.74, 6) is -2.15. The second-order valence-corrected chi connectivity index (χ2v) is 13.8. The molecule has 0 radical (unpaired) electrons. The number of aromatic nitrogens is 1. The fourth-order valence-corrected chi connectivity index (χ4v) is 7.36. The predicted octanol–water partition coefficient (Wildman–Crippen LogP) is 1.86. The van der Waals surface area contributed by atoms with Gasteiger partial charge in [0.1, 0.15) is 10.7 Å². The van der Waals surface area contributed by atoms with E-state index in [4.69, 9.17) is 0 Å². The number of carbonyl (C=O) groups is 1. The molecule has 0 amide bonds. The van der Waals surface area contributed by atoms with Crippen LogP contribution in [0.1, 0.15) is 55.8 Å². The van der Waals surface area contributed by atoms with Crippen LogP contribution in [-0.4, -0.2) is 52.7 Å². The molecule has 2 N–H and O–H groups in total. The smallest absolute Gasteiger partial charge is 0.550 e. The Morgan fingerprint density at radius 1 is 0.935 bits per heavy atom. The maximum absolute atomic E-state index is 14.7. The molecular formula is C35H40FN2NaO6S. The summed E-state index contributed by atoms with van der Waals surface area (Å²) in [6.07, 6.45) is -3.06. The summed E-state index contributed by atoms with van der Waals surface area (Å²) in [4.78, 5) is 11.1. The van der Waals surface area contributed by atoms with Crippen LogP contribution in [0.15, 0.2) is 83.8 Å². The van der Waals surface area contributed by atoms with Gasteiger partial charge >= 0.3 is 29.6 Å². The third kappa shape index (κ3) is 8.95. The van der Waals surface area contributed by atoms with Crippen molar-refractivity contribution in [1.29, 1.82) is 0 Å². The maximum atomic E-state index is 14.7. The van der Waals surface area contributed by atoms with Gasteiger partial charge in [-0.3, -0.25) is 0 Å². The van der Waals surface area contributed by atoms with Gasteiger partial charge in [-0.25, -0.2) is 12.8 Å². The first-order valence-corrected chi connectivity index (χ1v) is 16.4. The number of nitrogens with zero attached hydrogens (tertiary/aromatic N) is 2. The van der Waals surface area contributed by atoms with E-state index < -0.39 is 40.4 Å². The normalized spacial score (nSPS) is 13.1. The quantitative estimate of drug-likeness (QED) is 0.200. The third-order valence-corrected chi connectivity index (χ3v) is 9.69. The number of benzene rings is 3. The number of carboxylic acid groups (broad SMARTS) is 1. The van der Waals surface area contributed by atoms with Crippen LogP contribution in [0.5, 0.6) is 0 Å². The Labute approximate surface area is 292 Å². The van der Waals surface area contributed by atoms with Gasteiger partial charge in [0.25, 0.3) is 0 Å². The molecule has 0 unspecified atom stereocenters. The molecule has 46 heavy (non-hydrogen) atoms. The van der Waals surface area contributed by atoms with E-state index in [0.29, 0.717) is 28.1 Å². The Kier molecular flexibility index (Phi) is 13.4. The second-order valence-electron chi connectivity index (χ2n) is 11.8. The summed E-state index contributed by atoms with van der Waals surface area (Å²) >= 11 is 0. The molecule has 1 heterocycles. The number of halogens is 1. The van der Waals surface area contributed by atoms with Crippen molar-refractivity contribution in [3.8, 4) is 22.4 Å². The molecule has 11 heteroatoms. The molecule has 0 saturated carbocycles. The minimum atomic E-state index is -4.13. The van der Waals surface area contributed by atoms with E-state index in [-0.39, 0.29) is 66.3 Å². The van der Waals surface area contributed by atoms with Gasteiger partial charge in [0.05, 0.1) is 17.9 Å². The molecule has 4 rings (SSSR count). The fourth-order valence-electron chi connectivity index (χ4n) is 5.64. The van der Waals surface area contributed by atoms with Gasteiger partial charge in [0, 0.05) is 43.8 Å². The third-order valence-electron chi connectivity index (χ3n) is 7.81. The zero-order chi connectivity index (χ0) is 32.9. The Morgan fingerprint density at radius 3 is 2.09 bits per heavy atom. The Bertz CT molecular complexity index is 1710. The summed E-state index contributed by atoms with van der Waals surface area (Å²) < 4.78 is 46.7. The monoisotopic (exact) mass is 658 g/mol. The average molecular weight is 659 g/mol. The number of hydrogen-bond donors (Lipinski definition) is 2. The molecule has 2 atom stereocenters. The van der Waals surface area contributed by atoms with Crippen LogP contribution < -0.4 is 34.7 Å². The van der Waals surface area contributed by atoms with E-state index >= 15 is 0 Å². The van der Waals surface area contributed by atoms with Gasteiger partial charge in [-0.1, -0.05) is 74.0 Å². The predicted molar refractivity (Wildman–Crippen MR) is 170 cm³/mol. The second kappa shape index (κ2) is 16.3. The van der Waals surface area contributed by atoms with Gasteiger partial charge in [-0.15, -0.1) is 0 Å². The van der Waals surface area contributed by atoms with E-state index in [9.17, 15) is 32.9 Å². The molecule has 3 aromatic carbocycles. The van der Waals surface area contributed by atoms with Crippen LogP contribution in [0.2, 0.25) is 0 Å². The molecule has 0 spiro atoms. The SMILES string of the molecule is Cc1ccc(-c2c(S(=O)(=O)N(C)Cc3ccccc3)c(C(C)C)n(CC[C@@H](O)C[C@@H](O)CC(=O)[O-])c2-c2ccc(F)cc2)cc1.[Na+]. The molecule has 0 fully saturated rings. The number of carboxylic acids is 1. The van der Waals surface area contributed by atoms with E-state index in [1.54, 1.807) is 19.2 Å². The minimum absolute atomic E-state index is 0. The molecule has 0 aliphatic rings. The number of aliphatic hydroxyl groups is 2. The summed E-state index contributed by atoms with van der Waals surface area (Å²) in [6.45, 7) is 6.03. The standard InChI is InChI=1S/C35H41FN2O6S.Na/c1-23(2)33-35(45(43,44)37(4)22-25-8-6-5-7-9-25)32(26-12-10-24(3)11-13-26)34(27-14-16-28(36)17-15-27)38(33)19-18-29(39)20-30(40)21-31(41)42;/h5-17,23,29-30,39-40H,18-22H2,1-4H3,(H,41,42);/q;+1/p-1/t29-,30-;/m1./s1. The molecule has 0 bridgehead atoms. The number of aliphatic carboxylic acids is 1. The van der Waals surface area contributed by atoms with E-state index in [0.717, 1.165) is 11.1 Å². The zero-order valence-electron chi connectivity index (χ0n) is 27.0. The molecule has 1 aromatic heterocycles. The Morgan fingerprint density at radius 2 is 1.52 bits per heavy atom. The van der Waals surface area contributed by atoms with Crippen LogP contribution >= 0.6 is 0 Å². The van der Waals surface area contributed by atoms with Crippen LogP contribution in [0, 0.1) is 12.7 Å². The largest absolute Gasteiger partial charge is 1.00 e. The van der Waals surface area contributed by atoms with Crippen LogP contribution in [0.3, 0.4) is 0 Å². The molecule has 0 saturated heterocycles. The first-order chi connectivity index (χ1) is 21.3.